The van der Waals surface area contributed by atoms with Crippen LogP contribution in [-0.2, 0) is 20.9 Å². The zero-order valence-corrected chi connectivity index (χ0v) is 22.2. The van der Waals surface area contributed by atoms with Crippen LogP contribution in [0.4, 0.5) is 4.79 Å². The van der Waals surface area contributed by atoms with Crippen LogP contribution in [0, 0.1) is 17.8 Å². The molecule has 1 aromatic rings. The van der Waals surface area contributed by atoms with Crippen LogP contribution in [0.5, 0.6) is 0 Å². The highest BCUT2D eigenvalue weighted by Crippen LogP contribution is 2.39. The van der Waals surface area contributed by atoms with Crippen molar-refractivity contribution in [3.05, 3.63) is 48.0 Å². The highest BCUT2D eigenvalue weighted by molar-refractivity contribution is 6.01. The van der Waals surface area contributed by atoms with Gasteiger partial charge in [-0.25, -0.2) is 4.79 Å². The summed E-state index contributed by atoms with van der Waals surface area (Å²) < 4.78 is 5.31. The molecule has 7 heteroatoms. The lowest BCUT2D eigenvalue weighted by atomic mass is 9.97. The number of hydrogen-bond acceptors (Lipinski definition) is 5. The van der Waals surface area contributed by atoms with Crippen molar-refractivity contribution in [1.29, 1.82) is 0 Å². The number of carbonyl (C=O) groups is 3. The lowest BCUT2D eigenvalue weighted by Crippen LogP contribution is -2.53. The van der Waals surface area contributed by atoms with Crippen LogP contribution in [0.2, 0.25) is 0 Å². The van der Waals surface area contributed by atoms with Gasteiger partial charge < -0.3 is 20.5 Å². The number of alkyl carbamates (subject to hydrolysis) is 1. The van der Waals surface area contributed by atoms with Gasteiger partial charge >= 0.3 is 6.09 Å². The molecule has 0 bridgehead atoms. The van der Waals surface area contributed by atoms with E-state index < -0.39 is 30.2 Å². The Morgan fingerprint density at radius 2 is 1.78 bits per heavy atom. The molecule has 3 N–H and O–H groups in total. The van der Waals surface area contributed by atoms with E-state index in [1.165, 1.54) is 0 Å². The number of nitrogens with one attached hydrogen (secondary N) is 2. The number of ketones is 1. The van der Waals surface area contributed by atoms with Crippen LogP contribution in [0.25, 0.3) is 0 Å². The molecule has 1 aromatic carbocycles. The maximum Gasteiger partial charge on any atom is 0.408 e. The van der Waals surface area contributed by atoms with Crippen molar-refractivity contribution in [3.63, 3.8) is 0 Å². The minimum atomic E-state index is -0.960. The topological polar surface area (TPSA) is 105 Å². The Kier molecular flexibility index (Phi) is 12.7. The molecule has 0 aliphatic heterocycles. The van der Waals surface area contributed by atoms with Gasteiger partial charge in [-0.15, -0.1) is 0 Å². The summed E-state index contributed by atoms with van der Waals surface area (Å²) in [6.07, 6.45) is 8.06. The van der Waals surface area contributed by atoms with E-state index in [1.54, 1.807) is 0 Å². The highest BCUT2D eigenvalue weighted by atomic mass is 16.5. The molecule has 1 aliphatic rings. The predicted octanol–water partition coefficient (Wildman–Crippen LogP) is 4.92. The third-order valence-electron chi connectivity index (χ3n) is 6.51. The summed E-state index contributed by atoms with van der Waals surface area (Å²) in [6, 6.07) is 7.97. The molecule has 0 aromatic heterocycles. The SMILES string of the molecule is CCCCC=CC1C(=O)C1[C@H](O)[C@H](CCCC)NC(=O)[C@H](CC(C)C)NC(=O)OCc1ccccc1. The van der Waals surface area contributed by atoms with Gasteiger partial charge in [-0.1, -0.05) is 95.9 Å². The Morgan fingerprint density at radius 3 is 2.42 bits per heavy atom. The highest BCUT2D eigenvalue weighted by Gasteiger charge is 2.53. The summed E-state index contributed by atoms with van der Waals surface area (Å²) in [5, 5.41) is 16.7. The van der Waals surface area contributed by atoms with Crippen molar-refractivity contribution < 1.29 is 24.2 Å². The van der Waals surface area contributed by atoms with E-state index in [-0.39, 0.29) is 30.1 Å². The van der Waals surface area contributed by atoms with Crippen molar-refractivity contribution in [2.75, 3.05) is 0 Å². The van der Waals surface area contributed by atoms with Gasteiger partial charge in [0, 0.05) is 5.92 Å². The molecule has 36 heavy (non-hydrogen) atoms. The number of aliphatic hydroxyl groups is 1. The zero-order chi connectivity index (χ0) is 26.5. The maximum atomic E-state index is 13.2. The molecule has 1 fully saturated rings. The smallest absolute Gasteiger partial charge is 0.408 e. The third kappa shape index (κ3) is 9.76. The Hall–Kier alpha value is -2.67. The van der Waals surface area contributed by atoms with E-state index in [0.717, 1.165) is 37.7 Å². The van der Waals surface area contributed by atoms with Gasteiger partial charge in [0.25, 0.3) is 0 Å². The first-order chi connectivity index (χ1) is 17.3. The van der Waals surface area contributed by atoms with Crippen LogP contribution in [-0.4, -0.2) is 41.1 Å². The van der Waals surface area contributed by atoms with Gasteiger partial charge in [0.1, 0.15) is 18.4 Å². The number of allylic oxidation sites excluding steroid dienone is 2. The third-order valence-corrected chi connectivity index (χ3v) is 6.51. The largest absolute Gasteiger partial charge is 0.445 e. The number of carbonyl (C=O) groups excluding carboxylic acids is 3. The Bertz CT molecular complexity index is 854. The molecule has 2 rings (SSSR count). The molecule has 1 aliphatic carbocycles. The Labute approximate surface area is 216 Å². The summed E-state index contributed by atoms with van der Waals surface area (Å²) in [5.41, 5.74) is 0.854. The molecule has 1 saturated carbocycles. The van der Waals surface area contributed by atoms with Gasteiger partial charge in [-0.3, -0.25) is 9.59 Å². The van der Waals surface area contributed by atoms with Gasteiger partial charge in [0.2, 0.25) is 5.91 Å². The fraction of sp³-hybridized carbons (Fsp3) is 0.621. The molecule has 2 amide bonds. The first kappa shape index (κ1) is 29.6. The van der Waals surface area contributed by atoms with Crippen molar-refractivity contribution in [3.8, 4) is 0 Å². The fourth-order valence-corrected chi connectivity index (χ4v) is 4.34. The van der Waals surface area contributed by atoms with E-state index in [2.05, 4.69) is 17.6 Å². The van der Waals surface area contributed by atoms with Crippen LogP contribution in [0.3, 0.4) is 0 Å². The number of Topliss-reactive ketones (excluding diaryl/α,β-unsaturated/α-hetero) is 1. The number of ether oxygens (including phenoxy) is 1. The van der Waals surface area contributed by atoms with Crippen molar-refractivity contribution >= 4 is 17.8 Å². The number of hydrogen-bond donors (Lipinski definition) is 3. The van der Waals surface area contributed by atoms with Crippen LogP contribution in [0.1, 0.15) is 78.2 Å². The number of unbranched alkanes of at least 4 members (excludes halogenated alkanes) is 3. The first-order valence-electron chi connectivity index (χ1n) is 13.4. The maximum absolute atomic E-state index is 13.2. The van der Waals surface area contributed by atoms with E-state index in [0.29, 0.717) is 12.8 Å². The number of amides is 2. The average molecular weight is 501 g/mol. The normalized spacial score (nSPS) is 19.7. The molecular weight excluding hydrogens is 456 g/mol. The van der Waals surface area contributed by atoms with Crippen LogP contribution >= 0.6 is 0 Å². The van der Waals surface area contributed by atoms with Crippen molar-refractivity contribution in [1.82, 2.24) is 10.6 Å². The minimum Gasteiger partial charge on any atom is -0.445 e. The zero-order valence-electron chi connectivity index (χ0n) is 22.2. The molecule has 2 unspecified atom stereocenters. The van der Waals surface area contributed by atoms with Crippen LogP contribution < -0.4 is 10.6 Å². The molecular formula is C29H44N2O5. The Morgan fingerprint density at radius 1 is 1.08 bits per heavy atom. The summed E-state index contributed by atoms with van der Waals surface area (Å²) in [4.78, 5) is 38.1. The van der Waals surface area contributed by atoms with Crippen molar-refractivity contribution in [2.24, 2.45) is 17.8 Å². The average Bonchev–Trinajstić information content (AvgIpc) is 3.51. The molecule has 0 radical (unpaired) electrons. The lowest BCUT2D eigenvalue weighted by Gasteiger charge is -2.27. The summed E-state index contributed by atoms with van der Waals surface area (Å²) in [5.74, 6) is -0.972. The van der Waals surface area contributed by atoms with E-state index in [4.69, 9.17) is 4.74 Å². The van der Waals surface area contributed by atoms with Gasteiger partial charge in [0.15, 0.2) is 0 Å². The first-order valence-corrected chi connectivity index (χ1v) is 13.4. The molecule has 7 nitrogen and oxygen atoms in total. The lowest BCUT2D eigenvalue weighted by molar-refractivity contribution is -0.125. The standard InChI is InChI=1S/C29H44N2O5/c1-5-7-9-13-16-22-25(26(22)32)27(33)23(17-8-6-2)30-28(34)24(18-20(3)4)31-29(35)36-19-21-14-11-10-12-15-21/h10-16,20,22-25,27,33H,5-9,17-19H2,1-4H3,(H,30,34)(H,31,35)/t22?,23-,24-,25?,27+/m0/s1. The van der Waals surface area contributed by atoms with E-state index in [9.17, 15) is 19.5 Å². The second kappa shape index (κ2) is 15.4. The number of rotatable bonds is 16. The van der Waals surface area contributed by atoms with Crippen molar-refractivity contribution in [2.45, 2.75) is 97.4 Å². The second-order valence-electron chi connectivity index (χ2n) is 10.2. The van der Waals surface area contributed by atoms with Gasteiger partial charge in [-0.2, -0.15) is 0 Å². The van der Waals surface area contributed by atoms with Crippen LogP contribution in [0.15, 0.2) is 42.5 Å². The minimum absolute atomic E-state index is 0.0207. The predicted molar refractivity (Wildman–Crippen MR) is 141 cm³/mol. The molecule has 0 heterocycles. The second-order valence-corrected chi connectivity index (χ2v) is 10.2. The van der Waals surface area contributed by atoms with Gasteiger partial charge in [-0.05, 0) is 30.7 Å². The quantitative estimate of drug-likeness (QED) is 0.221. The summed E-state index contributed by atoms with van der Waals surface area (Å²) in [7, 11) is 0. The molecule has 200 valence electrons. The number of aliphatic hydroxyl groups excluding tert-OH is 1. The molecule has 0 saturated heterocycles. The number of benzene rings is 1. The monoisotopic (exact) mass is 500 g/mol. The molecule has 5 atom stereocenters. The van der Waals surface area contributed by atoms with E-state index in [1.807, 2.05) is 63.3 Å². The summed E-state index contributed by atoms with van der Waals surface area (Å²) >= 11 is 0. The molecule has 0 spiro atoms. The Balaban J connectivity index is 2.00. The fourth-order valence-electron chi connectivity index (χ4n) is 4.34. The van der Waals surface area contributed by atoms with E-state index >= 15 is 0 Å². The summed E-state index contributed by atoms with van der Waals surface area (Å²) in [6.45, 7) is 8.21. The van der Waals surface area contributed by atoms with Gasteiger partial charge in [0.05, 0.1) is 18.1 Å².